The fourth-order valence-corrected chi connectivity index (χ4v) is 2.70. The molecular weight excluding hydrogens is 280 g/mol. The molecule has 2 aromatic rings. The van der Waals surface area contributed by atoms with Gasteiger partial charge >= 0.3 is 0 Å². The molecule has 0 saturated carbocycles. The Bertz CT molecular complexity index is 726. The Morgan fingerprint density at radius 2 is 2.14 bits per heavy atom. The third-order valence-electron chi connectivity index (χ3n) is 3.85. The number of nitrogens with one attached hydrogen (secondary N) is 1. The van der Waals surface area contributed by atoms with E-state index in [0.29, 0.717) is 5.95 Å². The average molecular weight is 300 g/mol. The molecule has 1 N–H and O–H groups in total. The first-order valence-corrected chi connectivity index (χ1v) is 7.35. The van der Waals surface area contributed by atoms with Crippen molar-refractivity contribution in [3.63, 3.8) is 0 Å². The molecule has 2 aromatic heterocycles. The molecule has 22 heavy (non-hydrogen) atoms. The second-order valence-electron chi connectivity index (χ2n) is 5.84. The average Bonchev–Trinajstić information content (AvgIpc) is 2.96. The molecular formula is C15H20N6O. The van der Waals surface area contributed by atoms with Crippen molar-refractivity contribution in [2.45, 2.75) is 19.3 Å². The van der Waals surface area contributed by atoms with Crippen LogP contribution in [0.15, 0.2) is 23.3 Å². The van der Waals surface area contributed by atoms with Crippen LogP contribution in [0.5, 0.6) is 0 Å². The molecule has 1 unspecified atom stereocenters. The monoisotopic (exact) mass is 300 g/mol. The third kappa shape index (κ3) is 2.93. The molecule has 3 heterocycles. The molecule has 1 fully saturated rings. The lowest BCUT2D eigenvalue weighted by Crippen LogP contribution is -2.23. The van der Waals surface area contributed by atoms with E-state index < -0.39 is 0 Å². The van der Waals surface area contributed by atoms with Gasteiger partial charge in [-0.05, 0) is 13.3 Å². The molecule has 0 radical (unpaired) electrons. The van der Waals surface area contributed by atoms with Crippen LogP contribution >= 0.6 is 0 Å². The minimum absolute atomic E-state index is 0.109. The van der Waals surface area contributed by atoms with Gasteiger partial charge in [0.05, 0.1) is 17.6 Å². The Labute approximate surface area is 129 Å². The van der Waals surface area contributed by atoms with Gasteiger partial charge in [0.1, 0.15) is 5.82 Å². The van der Waals surface area contributed by atoms with Crippen molar-refractivity contribution in [2.75, 3.05) is 37.0 Å². The van der Waals surface area contributed by atoms with Crippen LogP contribution in [-0.2, 0) is 0 Å². The van der Waals surface area contributed by atoms with E-state index in [4.69, 9.17) is 0 Å². The first-order chi connectivity index (χ1) is 10.5. The molecule has 0 aromatic carbocycles. The largest absolute Gasteiger partial charge is 0.355 e. The van der Waals surface area contributed by atoms with Crippen molar-refractivity contribution in [1.82, 2.24) is 19.9 Å². The smallest absolute Gasteiger partial charge is 0.252 e. The summed E-state index contributed by atoms with van der Waals surface area (Å²) in [6, 6.07) is 1.60. The molecule has 0 amide bonds. The van der Waals surface area contributed by atoms with Gasteiger partial charge in [-0.3, -0.25) is 14.8 Å². The second-order valence-corrected chi connectivity index (χ2v) is 5.84. The molecule has 1 aliphatic rings. The van der Waals surface area contributed by atoms with Crippen LogP contribution in [0.2, 0.25) is 0 Å². The van der Waals surface area contributed by atoms with E-state index >= 15 is 0 Å². The molecule has 7 heteroatoms. The Morgan fingerprint density at radius 1 is 1.32 bits per heavy atom. The lowest BCUT2D eigenvalue weighted by molar-refractivity contribution is 0.733. The molecule has 7 nitrogen and oxygen atoms in total. The quantitative estimate of drug-likeness (QED) is 0.908. The Balaban J connectivity index is 1.82. The van der Waals surface area contributed by atoms with Crippen molar-refractivity contribution >= 4 is 11.8 Å². The van der Waals surface area contributed by atoms with E-state index in [9.17, 15) is 4.79 Å². The Morgan fingerprint density at radius 3 is 2.86 bits per heavy atom. The number of aromatic nitrogens is 4. The first-order valence-electron chi connectivity index (χ1n) is 7.35. The highest BCUT2D eigenvalue weighted by molar-refractivity contribution is 5.40. The van der Waals surface area contributed by atoms with Crippen LogP contribution in [0, 0.1) is 6.92 Å². The highest BCUT2D eigenvalue weighted by Gasteiger charge is 2.26. The summed E-state index contributed by atoms with van der Waals surface area (Å²) < 4.78 is 0. The molecule has 3 rings (SSSR count). The van der Waals surface area contributed by atoms with E-state index in [1.54, 1.807) is 18.5 Å². The molecule has 1 atom stereocenters. The molecule has 116 valence electrons. The summed E-state index contributed by atoms with van der Waals surface area (Å²) in [5, 5.41) is 0. The van der Waals surface area contributed by atoms with Crippen LogP contribution in [0.3, 0.4) is 0 Å². The van der Waals surface area contributed by atoms with Gasteiger partial charge in [0.2, 0.25) is 5.95 Å². The van der Waals surface area contributed by atoms with Crippen LogP contribution < -0.4 is 15.4 Å². The first kappa shape index (κ1) is 14.5. The second kappa shape index (κ2) is 5.75. The maximum absolute atomic E-state index is 11.8. The van der Waals surface area contributed by atoms with E-state index in [-0.39, 0.29) is 11.5 Å². The highest BCUT2D eigenvalue weighted by atomic mass is 16.1. The number of nitrogens with zero attached hydrogens (tertiary/aromatic N) is 5. The van der Waals surface area contributed by atoms with Gasteiger partial charge in [-0.1, -0.05) is 0 Å². The van der Waals surface area contributed by atoms with Crippen molar-refractivity contribution in [2.24, 2.45) is 0 Å². The van der Waals surface area contributed by atoms with Gasteiger partial charge in [0, 0.05) is 45.4 Å². The molecule has 0 aliphatic carbocycles. The van der Waals surface area contributed by atoms with Gasteiger partial charge in [-0.15, -0.1) is 0 Å². The van der Waals surface area contributed by atoms with Gasteiger partial charge in [-0.2, -0.15) is 0 Å². The normalized spacial score (nSPS) is 17.8. The predicted molar refractivity (Wildman–Crippen MR) is 85.5 cm³/mol. The number of rotatable bonds is 3. The fourth-order valence-electron chi connectivity index (χ4n) is 2.70. The minimum Gasteiger partial charge on any atom is -0.355 e. The van der Waals surface area contributed by atoms with Crippen molar-refractivity contribution in [3.05, 3.63) is 40.2 Å². The lowest BCUT2D eigenvalue weighted by Gasteiger charge is -2.18. The summed E-state index contributed by atoms with van der Waals surface area (Å²) in [4.78, 5) is 31.8. The summed E-state index contributed by atoms with van der Waals surface area (Å²) in [6.07, 6.45) is 4.49. The number of hydrogen-bond donors (Lipinski definition) is 1. The molecule has 0 spiro atoms. The maximum atomic E-state index is 11.8. The number of aryl methyl sites for hydroxylation is 1. The molecule has 1 saturated heterocycles. The maximum Gasteiger partial charge on any atom is 0.252 e. The van der Waals surface area contributed by atoms with Gasteiger partial charge in [0.25, 0.3) is 5.56 Å². The summed E-state index contributed by atoms with van der Waals surface area (Å²) in [7, 11) is 3.73. The highest BCUT2D eigenvalue weighted by Crippen LogP contribution is 2.28. The summed E-state index contributed by atoms with van der Waals surface area (Å²) >= 11 is 0. The summed E-state index contributed by atoms with van der Waals surface area (Å²) in [5.41, 5.74) is 1.64. The predicted octanol–water partition coefficient (Wildman–Crippen LogP) is 0.928. The van der Waals surface area contributed by atoms with Crippen LogP contribution in [0.1, 0.15) is 23.7 Å². The van der Waals surface area contributed by atoms with Crippen LogP contribution in [-0.4, -0.2) is 47.1 Å². The Kier molecular flexibility index (Phi) is 3.79. The molecule has 0 bridgehead atoms. The Hall–Kier alpha value is -2.44. The van der Waals surface area contributed by atoms with Gasteiger partial charge < -0.3 is 9.80 Å². The van der Waals surface area contributed by atoms with Gasteiger partial charge in [0.15, 0.2) is 0 Å². The lowest BCUT2D eigenvalue weighted by atomic mass is 10.1. The third-order valence-corrected chi connectivity index (χ3v) is 3.85. The van der Waals surface area contributed by atoms with Crippen molar-refractivity contribution in [3.8, 4) is 0 Å². The number of hydrogen-bond acceptors (Lipinski definition) is 6. The van der Waals surface area contributed by atoms with E-state index in [0.717, 1.165) is 36.7 Å². The topological polar surface area (TPSA) is 78.0 Å². The summed E-state index contributed by atoms with van der Waals surface area (Å²) in [6.45, 7) is 3.64. The SMILES string of the molecule is Cc1cncc(N2CCC(c3cc(=O)[nH]c(N(C)C)n3)C2)n1. The zero-order valence-corrected chi connectivity index (χ0v) is 13.1. The van der Waals surface area contributed by atoms with E-state index in [1.165, 1.54) is 0 Å². The molecule has 1 aliphatic heterocycles. The number of H-pyrrole nitrogens is 1. The van der Waals surface area contributed by atoms with Crippen molar-refractivity contribution in [1.29, 1.82) is 0 Å². The number of aromatic amines is 1. The fraction of sp³-hybridized carbons (Fsp3) is 0.467. The van der Waals surface area contributed by atoms with E-state index in [1.807, 2.05) is 25.9 Å². The zero-order chi connectivity index (χ0) is 15.7. The van der Waals surface area contributed by atoms with Crippen LogP contribution in [0.4, 0.5) is 11.8 Å². The standard InChI is InChI=1S/C15H20N6O/c1-10-7-16-8-13(17-10)21-5-4-11(9-21)12-6-14(22)19-15(18-12)20(2)3/h6-8,11H,4-5,9H2,1-3H3,(H,18,19,22). The number of anilines is 2. The summed E-state index contributed by atoms with van der Waals surface area (Å²) in [5.74, 6) is 1.72. The minimum atomic E-state index is -0.109. The van der Waals surface area contributed by atoms with Crippen LogP contribution in [0.25, 0.3) is 0 Å². The van der Waals surface area contributed by atoms with Gasteiger partial charge in [-0.25, -0.2) is 9.97 Å². The zero-order valence-electron chi connectivity index (χ0n) is 13.1. The van der Waals surface area contributed by atoms with E-state index in [2.05, 4.69) is 24.8 Å². The van der Waals surface area contributed by atoms with Crippen molar-refractivity contribution < 1.29 is 0 Å².